The van der Waals surface area contributed by atoms with E-state index in [-0.39, 0.29) is 0 Å². The summed E-state index contributed by atoms with van der Waals surface area (Å²) in [5.74, 6) is 1.80. The Morgan fingerprint density at radius 1 is 1.13 bits per heavy atom. The topological polar surface area (TPSA) is 21.3 Å². The van der Waals surface area contributed by atoms with Crippen LogP contribution in [0.1, 0.15) is 46.0 Å². The number of hydrogen-bond acceptors (Lipinski definition) is 2. The van der Waals surface area contributed by atoms with Crippen molar-refractivity contribution in [1.82, 2.24) is 5.32 Å². The van der Waals surface area contributed by atoms with Crippen LogP contribution in [0.5, 0.6) is 0 Å². The summed E-state index contributed by atoms with van der Waals surface area (Å²) < 4.78 is 5.41. The number of hydrogen-bond donors (Lipinski definition) is 1. The first-order valence-electron chi connectivity index (χ1n) is 6.59. The zero-order chi connectivity index (χ0) is 10.7. The van der Waals surface area contributed by atoms with E-state index in [0.717, 1.165) is 31.1 Å². The van der Waals surface area contributed by atoms with Crippen molar-refractivity contribution in [3.8, 4) is 0 Å². The molecule has 2 rings (SSSR count). The Kier molecular flexibility index (Phi) is 4.04. The molecule has 0 spiro atoms. The van der Waals surface area contributed by atoms with Gasteiger partial charge >= 0.3 is 0 Å². The minimum atomic E-state index is 0.640. The van der Waals surface area contributed by atoms with Crippen molar-refractivity contribution < 1.29 is 4.74 Å². The molecule has 2 heteroatoms. The Bertz CT molecular complexity index is 185. The molecule has 2 fully saturated rings. The van der Waals surface area contributed by atoms with E-state index in [0.29, 0.717) is 6.04 Å². The second kappa shape index (κ2) is 5.31. The van der Waals surface area contributed by atoms with Crippen LogP contribution in [0.25, 0.3) is 0 Å². The summed E-state index contributed by atoms with van der Waals surface area (Å²) in [5.41, 5.74) is 0. The highest BCUT2D eigenvalue weighted by atomic mass is 16.5. The molecule has 0 aromatic carbocycles. The first kappa shape index (κ1) is 11.4. The van der Waals surface area contributed by atoms with Crippen molar-refractivity contribution in [2.75, 3.05) is 13.2 Å². The first-order valence-corrected chi connectivity index (χ1v) is 6.59. The third kappa shape index (κ3) is 3.18. The fourth-order valence-electron chi connectivity index (χ4n) is 2.98. The molecule has 0 aromatic heterocycles. The molecule has 1 saturated carbocycles. The second-order valence-corrected chi connectivity index (χ2v) is 5.59. The molecule has 0 aromatic rings. The van der Waals surface area contributed by atoms with Gasteiger partial charge in [-0.1, -0.05) is 26.7 Å². The van der Waals surface area contributed by atoms with Crippen LogP contribution in [0.3, 0.4) is 0 Å². The van der Waals surface area contributed by atoms with Gasteiger partial charge in [-0.2, -0.15) is 0 Å². The maximum atomic E-state index is 5.41. The lowest BCUT2D eigenvalue weighted by Crippen LogP contribution is -2.42. The van der Waals surface area contributed by atoms with Gasteiger partial charge in [-0.15, -0.1) is 0 Å². The quantitative estimate of drug-likeness (QED) is 0.774. The van der Waals surface area contributed by atoms with Crippen LogP contribution in [0.15, 0.2) is 0 Å². The predicted octanol–water partition coefficient (Wildman–Crippen LogP) is 2.58. The highest BCUT2D eigenvalue weighted by molar-refractivity contribution is 4.83. The van der Waals surface area contributed by atoms with E-state index < -0.39 is 0 Å². The van der Waals surface area contributed by atoms with Crippen molar-refractivity contribution >= 4 is 0 Å². The highest BCUT2D eigenvalue weighted by Crippen LogP contribution is 2.30. The van der Waals surface area contributed by atoms with E-state index >= 15 is 0 Å². The molecule has 1 saturated heterocycles. The maximum absolute atomic E-state index is 5.41. The van der Waals surface area contributed by atoms with Crippen molar-refractivity contribution in [3.63, 3.8) is 0 Å². The van der Waals surface area contributed by atoms with Gasteiger partial charge in [0, 0.05) is 18.7 Å². The summed E-state index contributed by atoms with van der Waals surface area (Å²) in [7, 11) is 0. The van der Waals surface area contributed by atoms with E-state index in [9.17, 15) is 0 Å². The zero-order valence-electron chi connectivity index (χ0n) is 10.2. The van der Waals surface area contributed by atoms with Crippen molar-refractivity contribution in [1.29, 1.82) is 0 Å². The largest absolute Gasteiger partial charge is 0.380 e. The number of rotatable bonds is 3. The van der Waals surface area contributed by atoms with Gasteiger partial charge in [0.2, 0.25) is 0 Å². The predicted molar refractivity (Wildman–Crippen MR) is 62.9 cm³/mol. The van der Waals surface area contributed by atoms with Gasteiger partial charge in [0.15, 0.2) is 0 Å². The number of ether oxygens (including phenoxy) is 1. The Morgan fingerprint density at radius 3 is 2.67 bits per heavy atom. The highest BCUT2D eigenvalue weighted by Gasteiger charge is 2.26. The monoisotopic (exact) mass is 211 g/mol. The minimum absolute atomic E-state index is 0.640. The van der Waals surface area contributed by atoms with Crippen LogP contribution in [-0.2, 0) is 4.74 Å². The Labute approximate surface area is 93.8 Å². The number of nitrogens with one attached hydrogen (secondary N) is 1. The van der Waals surface area contributed by atoms with Gasteiger partial charge in [0.1, 0.15) is 0 Å². The molecule has 2 aliphatic rings. The molecule has 1 N–H and O–H groups in total. The third-order valence-electron chi connectivity index (χ3n) is 4.06. The summed E-state index contributed by atoms with van der Waals surface area (Å²) in [6.45, 7) is 6.62. The van der Waals surface area contributed by atoms with E-state index in [1.54, 1.807) is 0 Å². The van der Waals surface area contributed by atoms with Crippen LogP contribution >= 0.6 is 0 Å². The molecule has 1 aliphatic heterocycles. The van der Waals surface area contributed by atoms with Gasteiger partial charge < -0.3 is 10.1 Å². The molecular weight excluding hydrogens is 186 g/mol. The SMILES string of the molecule is CC(C)[C@H]1CCC[C@@H](NC2CCOC2)C1. The lowest BCUT2D eigenvalue weighted by Gasteiger charge is -2.33. The fourth-order valence-corrected chi connectivity index (χ4v) is 2.98. The van der Waals surface area contributed by atoms with E-state index in [4.69, 9.17) is 4.74 Å². The van der Waals surface area contributed by atoms with E-state index in [2.05, 4.69) is 19.2 Å². The average Bonchev–Trinajstić information content (AvgIpc) is 2.71. The minimum Gasteiger partial charge on any atom is -0.380 e. The molecule has 3 atom stereocenters. The molecule has 1 unspecified atom stereocenters. The molecule has 88 valence electrons. The molecular formula is C13H25NO. The molecule has 2 nitrogen and oxygen atoms in total. The molecule has 0 bridgehead atoms. The smallest absolute Gasteiger partial charge is 0.0620 e. The van der Waals surface area contributed by atoms with Crippen LogP contribution in [0, 0.1) is 11.8 Å². The molecule has 1 heterocycles. The summed E-state index contributed by atoms with van der Waals surface area (Å²) in [6, 6.07) is 1.40. The normalized spacial score (nSPS) is 37.4. The van der Waals surface area contributed by atoms with Gasteiger partial charge in [0.25, 0.3) is 0 Å². The van der Waals surface area contributed by atoms with Crippen molar-refractivity contribution in [2.45, 2.75) is 58.0 Å². The van der Waals surface area contributed by atoms with E-state index in [1.807, 2.05) is 0 Å². The molecule has 0 amide bonds. The Hall–Kier alpha value is -0.0800. The first-order chi connectivity index (χ1) is 7.25. The van der Waals surface area contributed by atoms with Crippen molar-refractivity contribution in [3.05, 3.63) is 0 Å². The fraction of sp³-hybridized carbons (Fsp3) is 1.00. The van der Waals surface area contributed by atoms with E-state index in [1.165, 1.54) is 32.1 Å². The standard InChI is InChI=1S/C13H25NO/c1-10(2)11-4-3-5-12(8-11)14-13-6-7-15-9-13/h10-14H,3-9H2,1-2H3/t11-,12+,13?/m0/s1. The third-order valence-corrected chi connectivity index (χ3v) is 4.06. The summed E-state index contributed by atoms with van der Waals surface area (Å²) >= 11 is 0. The van der Waals surface area contributed by atoms with Crippen molar-refractivity contribution in [2.24, 2.45) is 11.8 Å². The Morgan fingerprint density at radius 2 is 2.00 bits per heavy atom. The summed E-state index contributed by atoms with van der Waals surface area (Å²) in [4.78, 5) is 0. The molecule has 15 heavy (non-hydrogen) atoms. The molecule has 0 radical (unpaired) electrons. The van der Waals surface area contributed by atoms with Gasteiger partial charge in [-0.05, 0) is 31.1 Å². The van der Waals surface area contributed by atoms with Gasteiger partial charge in [-0.3, -0.25) is 0 Å². The Balaban J connectivity index is 1.76. The second-order valence-electron chi connectivity index (χ2n) is 5.59. The summed E-state index contributed by atoms with van der Waals surface area (Å²) in [5, 5.41) is 3.78. The van der Waals surface area contributed by atoms with Crippen LogP contribution in [-0.4, -0.2) is 25.3 Å². The lowest BCUT2D eigenvalue weighted by atomic mass is 9.79. The van der Waals surface area contributed by atoms with Crippen LogP contribution in [0.2, 0.25) is 0 Å². The average molecular weight is 211 g/mol. The maximum Gasteiger partial charge on any atom is 0.0620 e. The lowest BCUT2D eigenvalue weighted by molar-refractivity contribution is 0.178. The molecule has 1 aliphatic carbocycles. The van der Waals surface area contributed by atoms with Gasteiger partial charge in [-0.25, -0.2) is 0 Å². The zero-order valence-corrected chi connectivity index (χ0v) is 10.2. The summed E-state index contributed by atoms with van der Waals surface area (Å²) in [6.07, 6.45) is 6.82. The van der Waals surface area contributed by atoms with Crippen LogP contribution in [0.4, 0.5) is 0 Å². The van der Waals surface area contributed by atoms with Crippen LogP contribution < -0.4 is 5.32 Å². The van der Waals surface area contributed by atoms with Gasteiger partial charge in [0.05, 0.1) is 6.61 Å².